The Labute approximate surface area is 211 Å². The van der Waals surface area contributed by atoms with E-state index in [0.717, 1.165) is 50.6 Å². The van der Waals surface area contributed by atoms with Gasteiger partial charge in [0.15, 0.2) is 0 Å². The van der Waals surface area contributed by atoms with Gasteiger partial charge in [0, 0.05) is 26.4 Å². The number of ether oxygens (including phenoxy) is 2. The largest absolute Gasteiger partial charge is 1.00 e. The Kier molecular flexibility index (Phi) is 27.8. The fourth-order valence-electron chi connectivity index (χ4n) is 1.99. The van der Waals surface area contributed by atoms with Gasteiger partial charge in [-0.05, 0) is 27.7 Å². The van der Waals surface area contributed by atoms with Crippen LogP contribution in [0.4, 0.5) is 11.4 Å². The van der Waals surface area contributed by atoms with Crippen LogP contribution in [0.1, 0.15) is 27.7 Å². The van der Waals surface area contributed by atoms with Crippen LogP contribution in [0.5, 0.6) is 0 Å². The fraction of sp³-hybridized carbons (Fsp3) is 0.364. The van der Waals surface area contributed by atoms with Crippen molar-refractivity contribution >= 4 is 24.2 Å². The standard InChI is InChI=1S/2C7H7NO.2C4H10O.2ClH.Zr/c2*9-6-8-7-4-2-1-3-5-7;2*1-3-5-4-2;;;/h2*1-6H,(H,8,9);2*3-4H2,1-2H3;2*1H;/q;;;;;;+4/p-4. The van der Waals surface area contributed by atoms with Gasteiger partial charge in [0.1, 0.15) is 0 Å². The Morgan fingerprint density at radius 3 is 1.13 bits per heavy atom. The van der Waals surface area contributed by atoms with Gasteiger partial charge < -0.3 is 34.3 Å². The topological polar surface area (TPSA) is 59.1 Å². The summed E-state index contributed by atoms with van der Waals surface area (Å²) in [6, 6.07) is 18.7. The summed E-state index contributed by atoms with van der Waals surface area (Å²) < 4.78 is 13.0. The Bertz CT molecular complexity index is 580. The zero-order valence-corrected chi connectivity index (χ0v) is 22.5. The molecule has 2 aromatic rings. The minimum absolute atomic E-state index is 0. The SMILES string of the molecule is CCOCC.CCOCC.O=C[N]([Zr+2][N](C=O)c1ccccc1)c1ccccc1.[Cl-].[Cl-]. The molecule has 0 N–H and O–H groups in total. The van der Waals surface area contributed by atoms with E-state index in [2.05, 4.69) is 0 Å². The zero-order chi connectivity index (χ0) is 21.7. The molecule has 0 aliphatic heterocycles. The molecule has 0 saturated heterocycles. The molecule has 2 aromatic carbocycles. The van der Waals surface area contributed by atoms with Gasteiger partial charge in [0.05, 0.1) is 0 Å². The van der Waals surface area contributed by atoms with Crippen LogP contribution in [0.3, 0.4) is 0 Å². The van der Waals surface area contributed by atoms with E-state index in [-0.39, 0.29) is 24.8 Å². The number of nitrogens with zero attached hydrogens (tertiary/aromatic N) is 2. The summed E-state index contributed by atoms with van der Waals surface area (Å²) in [5.74, 6) is 0. The second-order valence-corrected chi connectivity index (χ2v) is 8.15. The summed E-state index contributed by atoms with van der Waals surface area (Å²) in [7, 11) is 0. The second-order valence-electron chi connectivity index (χ2n) is 5.28. The monoisotopic (exact) mass is 548 g/mol. The molecule has 0 unspecified atom stereocenters. The minimum atomic E-state index is -1.54. The van der Waals surface area contributed by atoms with E-state index in [1.807, 2.05) is 88.4 Å². The predicted octanol–water partition coefficient (Wildman–Crippen LogP) is -1.68. The van der Waals surface area contributed by atoms with E-state index in [0.29, 0.717) is 0 Å². The molecule has 6 nitrogen and oxygen atoms in total. The van der Waals surface area contributed by atoms with Gasteiger partial charge in [-0.25, -0.2) is 0 Å². The maximum atomic E-state index is 11.2. The summed E-state index contributed by atoms with van der Waals surface area (Å²) in [6.45, 7) is 11.3. The number of carbonyl (C=O) groups is 2. The van der Waals surface area contributed by atoms with E-state index in [9.17, 15) is 9.59 Å². The van der Waals surface area contributed by atoms with Crippen LogP contribution in [0.2, 0.25) is 0 Å². The maximum Gasteiger partial charge on any atom is -1.00 e. The van der Waals surface area contributed by atoms with Crippen LogP contribution in [-0.2, 0) is 42.9 Å². The molecule has 0 bridgehead atoms. The number of carbonyl (C=O) groups excluding carboxylic acids is 2. The fourth-order valence-corrected chi connectivity index (χ4v) is 4.09. The summed E-state index contributed by atoms with van der Waals surface area (Å²) in [5, 5.41) is 0. The van der Waals surface area contributed by atoms with Crippen molar-refractivity contribution in [1.29, 1.82) is 0 Å². The average Bonchev–Trinajstić information content (AvgIpc) is 2.78. The first-order valence-corrected chi connectivity index (χ1v) is 11.9. The van der Waals surface area contributed by atoms with Crippen LogP contribution in [0.25, 0.3) is 0 Å². The molecular weight excluding hydrogens is 518 g/mol. The van der Waals surface area contributed by atoms with Gasteiger partial charge in [-0.3, -0.25) is 0 Å². The predicted molar refractivity (Wildman–Crippen MR) is 114 cm³/mol. The molecule has 0 heterocycles. The van der Waals surface area contributed by atoms with Gasteiger partial charge >= 0.3 is 124 Å². The van der Waals surface area contributed by atoms with Crippen molar-refractivity contribution in [2.75, 3.05) is 32.1 Å². The van der Waals surface area contributed by atoms with Crippen LogP contribution < -0.4 is 30.5 Å². The molecule has 0 aromatic heterocycles. The van der Waals surface area contributed by atoms with Crippen LogP contribution in [0.15, 0.2) is 60.7 Å². The molecule has 0 aliphatic carbocycles. The summed E-state index contributed by atoms with van der Waals surface area (Å²) in [6.07, 6.45) is 1.59. The van der Waals surface area contributed by atoms with E-state index < -0.39 is 23.8 Å². The van der Waals surface area contributed by atoms with E-state index in [1.165, 1.54) is 0 Å². The van der Waals surface area contributed by atoms with Crippen molar-refractivity contribution in [2.45, 2.75) is 27.7 Å². The van der Waals surface area contributed by atoms with Crippen molar-refractivity contribution < 1.29 is 67.7 Å². The van der Waals surface area contributed by atoms with Crippen LogP contribution in [-0.4, -0.2) is 39.2 Å². The summed E-state index contributed by atoms with van der Waals surface area (Å²) in [4.78, 5) is 22.4. The molecule has 2 amide bonds. The Morgan fingerprint density at radius 1 is 0.645 bits per heavy atom. The normalized spacial score (nSPS) is 8.39. The molecule has 2 rings (SSSR count). The number of para-hydroxylation sites is 2. The first-order chi connectivity index (χ1) is 14.2. The van der Waals surface area contributed by atoms with Crippen molar-refractivity contribution in [3.05, 3.63) is 60.7 Å². The third-order valence-corrected chi connectivity index (χ3v) is 6.16. The van der Waals surface area contributed by atoms with Crippen molar-refractivity contribution in [3.8, 4) is 0 Å². The van der Waals surface area contributed by atoms with Gasteiger partial charge in [-0.1, -0.05) is 0 Å². The molecule has 0 fully saturated rings. The molecule has 0 aliphatic rings. The smallest absolute Gasteiger partial charge is 1.00 e. The number of hydrogen-bond acceptors (Lipinski definition) is 4. The van der Waals surface area contributed by atoms with Gasteiger partial charge in [-0.2, -0.15) is 0 Å². The second kappa shape index (κ2) is 25.0. The molecule has 0 radical (unpaired) electrons. The molecule has 9 heteroatoms. The molecule has 0 spiro atoms. The first-order valence-electron chi connectivity index (χ1n) is 9.69. The van der Waals surface area contributed by atoms with Crippen molar-refractivity contribution in [2.24, 2.45) is 0 Å². The number of benzene rings is 2. The number of anilines is 2. The maximum absolute atomic E-state index is 11.2. The molecule has 0 atom stereocenters. The quantitative estimate of drug-likeness (QED) is 0.332. The van der Waals surface area contributed by atoms with Gasteiger partial charge in [-0.15, -0.1) is 0 Å². The van der Waals surface area contributed by atoms with E-state index in [1.54, 1.807) is 5.69 Å². The van der Waals surface area contributed by atoms with Crippen molar-refractivity contribution in [3.63, 3.8) is 0 Å². The molecule has 31 heavy (non-hydrogen) atoms. The Hall–Kier alpha value is -1.24. The molecule has 0 saturated carbocycles. The van der Waals surface area contributed by atoms with Gasteiger partial charge in [0.25, 0.3) is 0 Å². The summed E-state index contributed by atoms with van der Waals surface area (Å²) in [5.41, 5.74) is 1.65. The van der Waals surface area contributed by atoms with Crippen molar-refractivity contribution in [1.82, 2.24) is 0 Å². The van der Waals surface area contributed by atoms with E-state index in [4.69, 9.17) is 9.47 Å². The number of hydrogen-bond donors (Lipinski definition) is 0. The van der Waals surface area contributed by atoms with Crippen LogP contribution >= 0.6 is 0 Å². The Morgan fingerprint density at radius 2 is 0.935 bits per heavy atom. The number of amides is 2. The summed E-state index contributed by atoms with van der Waals surface area (Å²) >= 11 is -1.54. The third-order valence-electron chi connectivity index (χ3n) is 3.31. The average molecular weight is 551 g/mol. The zero-order valence-electron chi connectivity index (χ0n) is 18.5. The molecule has 172 valence electrons. The minimum Gasteiger partial charge on any atom is -1.00 e. The number of rotatable bonds is 10. The van der Waals surface area contributed by atoms with Crippen LogP contribution in [0, 0.1) is 0 Å². The Balaban J connectivity index is -0.000000553. The van der Waals surface area contributed by atoms with Gasteiger partial charge in [0.2, 0.25) is 0 Å². The third kappa shape index (κ3) is 17.0. The first kappa shape index (κ1) is 34.4. The molecular formula is C22H32Cl2N2O4Zr. The number of halogens is 2. The van der Waals surface area contributed by atoms with E-state index >= 15 is 0 Å².